The van der Waals surface area contributed by atoms with Crippen LogP contribution in [-0.2, 0) is 4.79 Å². The van der Waals surface area contributed by atoms with Gasteiger partial charge in [-0.15, -0.1) is 0 Å². The fourth-order valence-electron chi connectivity index (χ4n) is 3.39. The van der Waals surface area contributed by atoms with Gasteiger partial charge in [0, 0.05) is 12.6 Å². The van der Waals surface area contributed by atoms with Gasteiger partial charge >= 0.3 is 6.18 Å². The number of alkyl halides is 3. The van der Waals surface area contributed by atoms with E-state index in [1.807, 2.05) is 0 Å². The summed E-state index contributed by atoms with van der Waals surface area (Å²) >= 11 is 0. The summed E-state index contributed by atoms with van der Waals surface area (Å²) in [5, 5.41) is 0. The van der Waals surface area contributed by atoms with Gasteiger partial charge < -0.3 is 9.64 Å². The zero-order valence-corrected chi connectivity index (χ0v) is 13.2. The predicted molar refractivity (Wildman–Crippen MR) is 82.8 cm³/mol. The molecule has 7 heteroatoms. The Kier molecular flexibility index (Phi) is 4.27. The second-order valence-corrected chi connectivity index (χ2v) is 6.50. The molecular formula is C17H19F3N2O2. The van der Waals surface area contributed by atoms with Gasteiger partial charge in [-0.25, -0.2) is 4.98 Å². The van der Waals surface area contributed by atoms with Crippen molar-refractivity contribution in [2.75, 3.05) is 18.1 Å². The monoisotopic (exact) mass is 340 g/mol. The van der Waals surface area contributed by atoms with Crippen LogP contribution in [0.15, 0.2) is 30.5 Å². The van der Waals surface area contributed by atoms with Gasteiger partial charge in [0.1, 0.15) is 0 Å². The summed E-state index contributed by atoms with van der Waals surface area (Å²) in [6, 6.07) is 2.94. The zero-order chi connectivity index (χ0) is 17.4. The van der Waals surface area contributed by atoms with Crippen molar-refractivity contribution in [3.63, 3.8) is 0 Å². The Bertz CT molecular complexity index is 630. The quantitative estimate of drug-likeness (QED) is 0.785. The van der Waals surface area contributed by atoms with Crippen molar-refractivity contribution >= 4 is 11.6 Å². The fraction of sp³-hybridized carbons (Fsp3) is 0.529. The van der Waals surface area contributed by atoms with E-state index in [2.05, 4.69) is 16.3 Å². The molecule has 0 atom stereocenters. The molecule has 1 aliphatic carbocycles. The molecule has 0 bridgehead atoms. The number of amides is 1. The van der Waals surface area contributed by atoms with Crippen LogP contribution in [0.25, 0.3) is 0 Å². The average Bonchev–Trinajstić information content (AvgIpc) is 2.85. The van der Waals surface area contributed by atoms with Crippen molar-refractivity contribution in [2.45, 2.75) is 38.3 Å². The second kappa shape index (κ2) is 6.11. The van der Waals surface area contributed by atoms with Gasteiger partial charge in [-0.2, -0.15) is 13.2 Å². The van der Waals surface area contributed by atoms with Crippen LogP contribution in [-0.4, -0.2) is 30.2 Å². The lowest BCUT2D eigenvalue weighted by Gasteiger charge is -2.32. The predicted octanol–water partition coefficient (Wildman–Crippen LogP) is 3.88. The van der Waals surface area contributed by atoms with Gasteiger partial charge in [0.15, 0.2) is 6.61 Å². The van der Waals surface area contributed by atoms with Crippen LogP contribution < -0.4 is 9.64 Å². The topological polar surface area (TPSA) is 42.4 Å². The molecule has 1 aromatic heterocycles. The van der Waals surface area contributed by atoms with Crippen LogP contribution in [0.4, 0.5) is 18.9 Å². The Balaban J connectivity index is 1.67. The summed E-state index contributed by atoms with van der Waals surface area (Å²) in [7, 11) is 0. The summed E-state index contributed by atoms with van der Waals surface area (Å²) < 4.78 is 41.0. The smallest absolute Gasteiger partial charge is 0.422 e. The van der Waals surface area contributed by atoms with E-state index < -0.39 is 12.8 Å². The number of hydrogen-bond donors (Lipinski definition) is 0. The molecule has 0 N–H and O–H groups in total. The van der Waals surface area contributed by atoms with Crippen LogP contribution in [0.2, 0.25) is 0 Å². The SMILES string of the molecule is C=C1CCC2(CC1)CCN(c1ccc(OCC(F)(F)F)nc1)C2=O. The Hall–Kier alpha value is -2.05. The average molecular weight is 340 g/mol. The molecular weight excluding hydrogens is 321 g/mol. The molecule has 1 saturated carbocycles. The third-order valence-electron chi connectivity index (χ3n) is 4.84. The number of hydrogen-bond acceptors (Lipinski definition) is 3. The van der Waals surface area contributed by atoms with Gasteiger partial charge in [-0.3, -0.25) is 4.79 Å². The Morgan fingerprint density at radius 2 is 1.96 bits per heavy atom. The van der Waals surface area contributed by atoms with Crippen molar-refractivity contribution in [3.05, 3.63) is 30.5 Å². The number of nitrogens with zero attached hydrogens (tertiary/aromatic N) is 2. The number of anilines is 1. The molecule has 2 aliphatic rings. The number of halogens is 3. The lowest BCUT2D eigenvalue weighted by molar-refractivity contribution is -0.154. The molecule has 2 heterocycles. The van der Waals surface area contributed by atoms with Crippen LogP contribution >= 0.6 is 0 Å². The number of carbonyl (C=O) groups excluding carboxylic acids is 1. The first-order chi connectivity index (χ1) is 11.3. The summed E-state index contributed by atoms with van der Waals surface area (Å²) in [5.74, 6) is -0.0211. The lowest BCUT2D eigenvalue weighted by Crippen LogP contribution is -2.36. The van der Waals surface area contributed by atoms with Crippen molar-refractivity contribution in [3.8, 4) is 5.88 Å². The van der Waals surface area contributed by atoms with E-state index in [1.54, 1.807) is 11.0 Å². The molecule has 24 heavy (non-hydrogen) atoms. The first kappa shape index (κ1) is 16.8. The van der Waals surface area contributed by atoms with Gasteiger partial charge in [0.05, 0.1) is 17.3 Å². The Labute approximate surface area is 138 Å². The van der Waals surface area contributed by atoms with E-state index in [4.69, 9.17) is 0 Å². The molecule has 1 aromatic rings. The fourth-order valence-corrected chi connectivity index (χ4v) is 3.39. The maximum Gasteiger partial charge on any atom is 0.422 e. The molecule has 4 nitrogen and oxygen atoms in total. The van der Waals surface area contributed by atoms with Crippen molar-refractivity contribution < 1.29 is 22.7 Å². The number of ether oxygens (including phenoxy) is 1. The molecule has 0 unspecified atom stereocenters. The molecule has 1 amide bonds. The molecule has 0 aromatic carbocycles. The minimum Gasteiger partial charge on any atom is -0.468 e. The van der Waals surface area contributed by atoms with Gasteiger partial charge in [-0.1, -0.05) is 12.2 Å². The largest absolute Gasteiger partial charge is 0.468 e. The maximum absolute atomic E-state index is 12.8. The summed E-state index contributed by atoms with van der Waals surface area (Å²) in [6.45, 7) is 3.21. The highest BCUT2D eigenvalue weighted by atomic mass is 19.4. The molecule has 130 valence electrons. The highest BCUT2D eigenvalue weighted by Crippen LogP contribution is 2.46. The molecule has 1 saturated heterocycles. The van der Waals surface area contributed by atoms with Gasteiger partial charge in [-0.05, 0) is 38.2 Å². The second-order valence-electron chi connectivity index (χ2n) is 6.50. The number of carbonyl (C=O) groups is 1. The van der Waals surface area contributed by atoms with E-state index in [0.29, 0.717) is 12.2 Å². The zero-order valence-electron chi connectivity index (χ0n) is 13.2. The third-order valence-corrected chi connectivity index (χ3v) is 4.84. The van der Waals surface area contributed by atoms with Crippen LogP contribution in [0, 0.1) is 5.41 Å². The first-order valence-corrected chi connectivity index (χ1v) is 7.93. The van der Waals surface area contributed by atoms with E-state index >= 15 is 0 Å². The van der Waals surface area contributed by atoms with E-state index in [9.17, 15) is 18.0 Å². The minimum absolute atomic E-state index is 0.0840. The number of allylic oxidation sites excluding steroid dienone is 1. The third kappa shape index (κ3) is 3.39. The molecule has 2 fully saturated rings. The number of aromatic nitrogens is 1. The highest BCUT2D eigenvalue weighted by Gasteiger charge is 2.47. The van der Waals surface area contributed by atoms with Crippen molar-refractivity contribution in [1.82, 2.24) is 4.98 Å². The molecule has 0 radical (unpaired) electrons. The molecule has 3 rings (SSSR count). The van der Waals surface area contributed by atoms with Gasteiger partial charge in [0.2, 0.25) is 11.8 Å². The Morgan fingerprint density at radius 1 is 1.25 bits per heavy atom. The normalized spacial score (nSPS) is 20.7. The number of rotatable bonds is 3. The van der Waals surface area contributed by atoms with Crippen LogP contribution in [0.3, 0.4) is 0 Å². The summed E-state index contributed by atoms with van der Waals surface area (Å²) in [5.41, 5.74) is 1.48. The molecule has 1 aliphatic heterocycles. The standard InChI is InChI=1S/C17H19F3N2O2/c1-12-4-6-16(7-5-12)8-9-22(15(16)23)13-2-3-14(21-10-13)24-11-17(18,19)20/h2-3,10H,1,4-9,11H2. The van der Waals surface area contributed by atoms with Crippen molar-refractivity contribution in [1.29, 1.82) is 0 Å². The summed E-state index contributed by atoms with van der Waals surface area (Å²) in [4.78, 5) is 18.4. The van der Waals surface area contributed by atoms with Crippen molar-refractivity contribution in [2.24, 2.45) is 5.41 Å². The maximum atomic E-state index is 12.8. The van der Waals surface area contributed by atoms with Crippen LogP contribution in [0.5, 0.6) is 5.88 Å². The van der Waals surface area contributed by atoms with Gasteiger partial charge in [0.25, 0.3) is 0 Å². The Morgan fingerprint density at radius 3 is 2.54 bits per heavy atom. The number of pyridine rings is 1. The minimum atomic E-state index is -4.40. The highest BCUT2D eigenvalue weighted by molar-refractivity contribution is 5.99. The van der Waals surface area contributed by atoms with E-state index in [-0.39, 0.29) is 17.2 Å². The van der Waals surface area contributed by atoms with Crippen LogP contribution in [0.1, 0.15) is 32.1 Å². The van der Waals surface area contributed by atoms with E-state index in [1.165, 1.54) is 17.8 Å². The lowest BCUT2D eigenvalue weighted by atomic mass is 9.72. The van der Waals surface area contributed by atoms with E-state index in [0.717, 1.165) is 32.1 Å². The first-order valence-electron chi connectivity index (χ1n) is 7.93. The molecule has 1 spiro atoms. The summed E-state index contributed by atoms with van der Waals surface area (Å²) in [6.07, 6.45) is 1.19.